The van der Waals surface area contributed by atoms with E-state index in [-0.39, 0.29) is 19.0 Å². The van der Waals surface area contributed by atoms with Crippen LogP contribution in [-0.2, 0) is 6.61 Å². The molecule has 0 bridgehead atoms. The molecule has 1 N–H and O–H groups in total. The molecule has 0 heterocycles. The van der Waals surface area contributed by atoms with Crippen molar-refractivity contribution in [1.29, 1.82) is 0 Å². The predicted octanol–water partition coefficient (Wildman–Crippen LogP) is 3.20. The Hall–Kier alpha value is -2.38. The number of aliphatic hydroxyl groups is 1. The van der Waals surface area contributed by atoms with Gasteiger partial charge < -0.3 is 9.84 Å². The maximum atomic E-state index is 13.5. The van der Waals surface area contributed by atoms with Crippen molar-refractivity contribution in [3.05, 3.63) is 64.7 Å². The van der Waals surface area contributed by atoms with Crippen LogP contribution in [0.5, 0.6) is 5.75 Å². The second-order valence-corrected chi connectivity index (χ2v) is 4.51. The molecule has 0 atom stereocenters. The molecule has 108 valence electrons. The van der Waals surface area contributed by atoms with Gasteiger partial charge in [-0.1, -0.05) is 11.8 Å². The monoisotopic (exact) mass is 288 g/mol. The van der Waals surface area contributed by atoms with E-state index in [4.69, 9.17) is 9.84 Å². The minimum absolute atomic E-state index is 0.149. The number of aliphatic hydroxyl groups excluding tert-OH is 1. The van der Waals surface area contributed by atoms with Gasteiger partial charge in [0.15, 0.2) is 0 Å². The van der Waals surface area contributed by atoms with Gasteiger partial charge in [0.25, 0.3) is 0 Å². The smallest absolute Gasteiger partial charge is 0.126 e. The van der Waals surface area contributed by atoms with E-state index in [0.29, 0.717) is 22.4 Å². The van der Waals surface area contributed by atoms with Gasteiger partial charge in [0.2, 0.25) is 0 Å². The molecule has 0 saturated carbocycles. The Morgan fingerprint density at radius 2 is 1.95 bits per heavy atom. The van der Waals surface area contributed by atoms with Gasteiger partial charge in [0, 0.05) is 5.56 Å². The maximum absolute atomic E-state index is 13.5. The minimum atomic E-state index is -0.423. The molecule has 0 unspecified atom stereocenters. The summed E-state index contributed by atoms with van der Waals surface area (Å²) in [4.78, 5) is 0. The molecule has 0 spiro atoms. The largest absolute Gasteiger partial charge is 0.489 e. The summed E-state index contributed by atoms with van der Waals surface area (Å²) in [5, 5.41) is 8.64. The number of aryl methyl sites for hydroxylation is 1. The van der Waals surface area contributed by atoms with Crippen LogP contribution < -0.4 is 4.74 Å². The van der Waals surface area contributed by atoms with Gasteiger partial charge in [-0.05, 0) is 54.4 Å². The number of halogens is 2. The predicted molar refractivity (Wildman–Crippen MR) is 75.8 cm³/mol. The first kappa shape index (κ1) is 15.0. The molecule has 0 aliphatic rings. The lowest BCUT2D eigenvalue weighted by atomic mass is 10.1. The molecule has 4 heteroatoms. The average Bonchev–Trinajstić information content (AvgIpc) is 2.46. The summed E-state index contributed by atoms with van der Waals surface area (Å²) in [5.74, 6) is 4.90. The molecule has 2 aromatic rings. The summed E-state index contributed by atoms with van der Waals surface area (Å²) in [7, 11) is 0. The Morgan fingerprint density at radius 3 is 2.67 bits per heavy atom. The molecular formula is C17H14F2O2. The van der Waals surface area contributed by atoms with Crippen molar-refractivity contribution in [2.24, 2.45) is 0 Å². The fraction of sp³-hybridized carbons (Fsp3) is 0.176. The molecule has 0 radical (unpaired) electrons. The molecular weight excluding hydrogens is 274 g/mol. The third kappa shape index (κ3) is 4.30. The highest BCUT2D eigenvalue weighted by Gasteiger charge is 2.03. The Kier molecular flexibility index (Phi) is 4.91. The SMILES string of the molecule is Cc1cc(OCc2cc(F)cc(C#CCO)c2)ccc1F. The van der Waals surface area contributed by atoms with Crippen LogP contribution in [0.25, 0.3) is 0 Å². The maximum Gasteiger partial charge on any atom is 0.126 e. The van der Waals surface area contributed by atoms with Crippen molar-refractivity contribution in [2.75, 3.05) is 6.61 Å². The average molecular weight is 288 g/mol. The van der Waals surface area contributed by atoms with Gasteiger partial charge in [-0.15, -0.1) is 0 Å². The van der Waals surface area contributed by atoms with Crippen molar-refractivity contribution in [3.63, 3.8) is 0 Å². The third-order valence-electron chi connectivity index (χ3n) is 2.80. The van der Waals surface area contributed by atoms with Gasteiger partial charge >= 0.3 is 0 Å². The number of rotatable bonds is 3. The van der Waals surface area contributed by atoms with Crippen molar-refractivity contribution in [3.8, 4) is 17.6 Å². The first-order valence-electron chi connectivity index (χ1n) is 6.36. The molecule has 0 aliphatic carbocycles. The lowest BCUT2D eigenvalue weighted by Gasteiger charge is -2.08. The fourth-order valence-corrected chi connectivity index (χ4v) is 1.82. The zero-order valence-corrected chi connectivity index (χ0v) is 11.5. The van der Waals surface area contributed by atoms with Crippen LogP contribution in [-0.4, -0.2) is 11.7 Å². The van der Waals surface area contributed by atoms with E-state index < -0.39 is 5.82 Å². The lowest BCUT2D eigenvalue weighted by molar-refractivity contribution is 0.305. The van der Waals surface area contributed by atoms with Crippen LogP contribution >= 0.6 is 0 Å². The summed E-state index contributed by atoms with van der Waals surface area (Å²) in [6.45, 7) is 1.51. The zero-order chi connectivity index (χ0) is 15.2. The number of hydrogen-bond donors (Lipinski definition) is 1. The molecule has 2 nitrogen and oxygen atoms in total. The normalized spacial score (nSPS) is 9.90. The summed E-state index contributed by atoms with van der Waals surface area (Å²) < 4.78 is 32.1. The molecule has 0 aromatic heterocycles. The van der Waals surface area contributed by atoms with E-state index in [2.05, 4.69) is 11.8 Å². The Balaban J connectivity index is 2.12. The van der Waals surface area contributed by atoms with E-state index in [1.54, 1.807) is 19.1 Å². The summed E-state index contributed by atoms with van der Waals surface area (Å²) >= 11 is 0. The Labute approximate surface area is 122 Å². The first-order chi connectivity index (χ1) is 10.1. The number of hydrogen-bond acceptors (Lipinski definition) is 2. The van der Waals surface area contributed by atoms with Gasteiger partial charge in [0.05, 0.1) is 0 Å². The van der Waals surface area contributed by atoms with Crippen molar-refractivity contribution < 1.29 is 18.6 Å². The van der Waals surface area contributed by atoms with Gasteiger partial charge in [-0.2, -0.15) is 0 Å². The third-order valence-corrected chi connectivity index (χ3v) is 2.80. The van der Waals surface area contributed by atoms with Crippen molar-refractivity contribution in [1.82, 2.24) is 0 Å². The van der Waals surface area contributed by atoms with Crippen LogP contribution in [0.3, 0.4) is 0 Å². The van der Waals surface area contributed by atoms with E-state index in [9.17, 15) is 8.78 Å². The molecule has 0 saturated heterocycles. The van der Waals surface area contributed by atoms with Crippen LogP contribution in [0.1, 0.15) is 16.7 Å². The summed E-state index contributed by atoms with van der Waals surface area (Å²) in [6, 6.07) is 8.75. The highest BCUT2D eigenvalue weighted by atomic mass is 19.1. The fourth-order valence-electron chi connectivity index (χ4n) is 1.82. The Morgan fingerprint density at radius 1 is 1.14 bits per heavy atom. The standard InChI is InChI=1S/C17H14F2O2/c1-12-7-16(4-5-17(12)19)21-11-14-8-13(3-2-6-20)9-15(18)10-14/h4-5,7-10,20H,6,11H2,1H3. The van der Waals surface area contributed by atoms with Crippen LogP contribution in [0, 0.1) is 30.4 Å². The van der Waals surface area contributed by atoms with Gasteiger partial charge in [-0.25, -0.2) is 8.78 Å². The van der Waals surface area contributed by atoms with Crippen molar-refractivity contribution in [2.45, 2.75) is 13.5 Å². The highest BCUT2D eigenvalue weighted by molar-refractivity contribution is 5.38. The van der Waals surface area contributed by atoms with Gasteiger partial charge in [0.1, 0.15) is 30.6 Å². The summed E-state index contributed by atoms with van der Waals surface area (Å²) in [6.07, 6.45) is 0. The minimum Gasteiger partial charge on any atom is -0.489 e. The molecule has 21 heavy (non-hydrogen) atoms. The summed E-state index contributed by atoms with van der Waals surface area (Å²) in [5.41, 5.74) is 1.57. The molecule has 2 aromatic carbocycles. The molecule has 2 rings (SSSR count). The second-order valence-electron chi connectivity index (χ2n) is 4.51. The van der Waals surface area contributed by atoms with Crippen LogP contribution in [0.4, 0.5) is 8.78 Å². The topological polar surface area (TPSA) is 29.5 Å². The molecule has 0 amide bonds. The number of ether oxygens (including phenoxy) is 1. The van der Waals surface area contributed by atoms with Crippen LogP contribution in [0.2, 0.25) is 0 Å². The zero-order valence-electron chi connectivity index (χ0n) is 11.5. The first-order valence-corrected chi connectivity index (χ1v) is 6.36. The Bertz CT molecular complexity index is 700. The van der Waals surface area contributed by atoms with E-state index >= 15 is 0 Å². The van der Waals surface area contributed by atoms with E-state index in [0.717, 1.165) is 0 Å². The molecule has 0 aliphatic heterocycles. The quantitative estimate of drug-likeness (QED) is 0.879. The highest BCUT2D eigenvalue weighted by Crippen LogP contribution is 2.18. The van der Waals surface area contributed by atoms with Crippen LogP contribution in [0.15, 0.2) is 36.4 Å². The lowest BCUT2D eigenvalue weighted by Crippen LogP contribution is -1.98. The number of benzene rings is 2. The molecule has 0 fully saturated rings. The van der Waals surface area contributed by atoms with Crippen molar-refractivity contribution >= 4 is 0 Å². The van der Waals surface area contributed by atoms with Gasteiger partial charge in [-0.3, -0.25) is 0 Å². The van der Waals surface area contributed by atoms with E-state index in [1.807, 2.05) is 0 Å². The second kappa shape index (κ2) is 6.87. The van der Waals surface area contributed by atoms with E-state index in [1.165, 1.54) is 24.3 Å².